The molecule has 0 aromatic heterocycles. The van der Waals surface area contributed by atoms with Crippen molar-refractivity contribution < 1.29 is 159 Å². The van der Waals surface area contributed by atoms with Crippen LogP contribution in [0, 0.1) is 80.8 Å². The van der Waals surface area contributed by atoms with Crippen molar-refractivity contribution in [2.45, 2.75) is 445 Å². The molecule has 0 fully saturated rings. The van der Waals surface area contributed by atoms with Gasteiger partial charge >= 0.3 is 74.1 Å². The minimum absolute atomic E-state index is 0.104. The molecule has 0 aromatic carbocycles. The third-order valence-corrected chi connectivity index (χ3v) is 16.2. The van der Waals surface area contributed by atoms with E-state index in [-0.39, 0.29) is 39.5 Å². The van der Waals surface area contributed by atoms with E-state index >= 15 is 0 Å². The Balaban J connectivity index is -0.0000000746. The zero-order chi connectivity index (χ0) is 100. The summed E-state index contributed by atoms with van der Waals surface area (Å²) in [7, 11) is 0. The Labute approximate surface area is 683 Å². The second-order valence-electron chi connectivity index (χ2n) is 33.1. The fourth-order valence-corrected chi connectivity index (χ4v) is 3.55. The summed E-state index contributed by atoms with van der Waals surface area (Å²) in [4.78, 5) is 0. The van der Waals surface area contributed by atoms with Crippen LogP contribution in [0.2, 0.25) is 0 Å². The van der Waals surface area contributed by atoms with E-state index in [1.54, 1.807) is 6.92 Å². The van der Waals surface area contributed by atoms with Gasteiger partial charge in [0.2, 0.25) is 0 Å². The Bertz CT molecular complexity index is 1980. The highest BCUT2D eigenvalue weighted by atomic mass is 19.5. The Hall–Kier alpha value is -2.52. The molecule has 0 spiro atoms. The highest BCUT2D eigenvalue weighted by Gasteiger charge is 2.64. The number of hydrogen-bond donors (Lipinski definition) is 0. The largest absolute Gasteiger partial charge is 0.402 e. The van der Waals surface area contributed by atoms with Crippen molar-refractivity contribution in [3.05, 3.63) is 0 Å². The van der Waals surface area contributed by atoms with E-state index in [1.165, 1.54) is 79.1 Å². The van der Waals surface area contributed by atoms with Crippen molar-refractivity contribution in [3.63, 3.8) is 0 Å². The first-order chi connectivity index (χ1) is 51.0. The molecule has 0 rings (SSSR count). The number of alkyl halides is 36. The SMILES string of the molecule is CC(C)(C(F)(F)F)C(F)(F)F.CC(C)(C)C(F)(F)F.CC(C)C(C)C.CC(C)C(F)(F)F.CCC(C)(C)C.CCC(C)(C)C.CCC(C)C.CCC(C)C(F)(F)F.CCC(C)CC.CCCC(C(F)(F)F)C(F)(F)F.CCCCC.CCCCCC(F)(F)F.CCC[C@H](C)C(F)(F)F.C[C@@H](CCC(F)(F)F)C(F)(F)F.[2H]C(C)(C)C(F)(F)F. The molecular formula is C81H156F36. The van der Waals surface area contributed by atoms with Crippen molar-refractivity contribution in [1.29, 1.82) is 0 Å². The molecular weight excluding hydrogens is 1660 g/mol. The molecule has 117 heavy (non-hydrogen) atoms. The van der Waals surface area contributed by atoms with Crippen LogP contribution in [0.3, 0.4) is 0 Å². The third-order valence-electron chi connectivity index (χ3n) is 16.2. The van der Waals surface area contributed by atoms with E-state index in [4.69, 9.17) is 1.37 Å². The van der Waals surface area contributed by atoms with Crippen LogP contribution >= 0.6 is 0 Å². The molecule has 0 N–H and O–H groups in total. The first kappa shape index (κ1) is 146. The maximum Gasteiger partial charge on any atom is 0.402 e. The van der Waals surface area contributed by atoms with Gasteiger partial charge in [0.15, 0.2) is 11.3 Å². The third kappa shape index (κ3) is 129. The lowest BCUT2D eigenvalue weighted by atomic mass is 9.92. The molecule has 1 unspecified atom stereocenters. The number of halogens is 36. The summed E-state index contributed by atoms with van der Waals surface area (Å²) < 4.78 is 421. The van der Waals surface area contributed by atoms with Crippen LogP contribution in [0.1, 0.15) is 373 Å². The Kier molecular flexibility index (Phi) is 88.3. The van der Waals surface area contributed by atoms with Gasteiger partial charge in [0, 0.05) is 26.0 Å². The average Bonchev–Trinajstić information content (AvgIpc) is 0.790. The van der Waals surface area contributed by atoms with E-state index in [0.717, 1.165) is 85.5 Å². The standard InChI is InChI=1S/2C6H8F6.2C6H11F3.4C6H14.C5H6F6.2C5H9F3.2C5H12.2C4H7F3/c1-4(6(10,11)12)2-3-5(7,8)9;1-2-3-4(5(7,8)9)6(10,11)12;1-3-4-5(2)6(7,8)9;1-2-3-4-5-6(7,8)9;2*1-5-6(2,3)4;1-5(2)6(3)4;1-4-6(3)5-2;1-3(2,4(6,7)8)5(9,10)11;1-4(2,3)5(6,7)8;1-3-4(2)5(6,7)8;1-4-5(2)3;1-3-5-4-2;2*1-3(2)4(5,6)7/h2*4H,2-3H2,1H3;5H,3-4H2,1-2H3;2-5H2,1H3;2*5H2,1-4H3;5-6H,1-4H3;6H,4-5H2,1-3H3;1-2H3;1-3H3;4H,3H2,1-2H3;5H,4H2,1-3H3;3-5H2,1-2H3;2*3H,1-2H3/t4-;;5-;;;;;;;;;;;;/m0.0............/s1/i;;;;;;;;;;;;;3D;. The summed E-state index contributed by atoms with van der Waals surface area (Å²) >= 11 is 0. The van der Waals surface area contributed by atoms with Gasteiger partial charge in [0.25, 0.3) is 0 Å². The van der Waals surface area contributed by atoms with Crippen LogP contribution in [0.4, 0.5) is 158 Å². The Morgan fingerprint density at radius 2 is 0.487 bits per heavy atom. The van der Waals surface area contributed by atoms with E-state index in [0.29, 0.717) is 23.7 Å². The van der Waals surface area contributed by atoms with E-state index in [9.17, 15) is 158 Å². The second-order valence-corrected chi connectivity index (χ2v) is 33.1. The van der Waals surface area contributed by atoms with Gasteiger partial charge in [-0.05, 0) is 80.5 Å². The van der Waals surface area contributed by atoms with Gasteiger partial charge in [-0.2, -0.15) is 158 Å². The predicted molar refractivity (Wildman–Crippen MR) is 409 cm³/mol. The highest BCUT2D eigenvalue weighted by molar-refractivity contribution is 4.84. The summed E-state index contributed by atoms with van der Waals surface area (Å²) in [5.74, 6) is -7.34. The lowest BCUT2D eigenvalue weighted by Crippen LogP contribution is -2.44. The summed E-state index contributed by atoms with van der Waals surface area (Å²) in [6, 6.07) is 0. The fraction of sp³-hybridized carbons (Fsp3) is 1.00. The Morgan fingerprint density at radius 3 is 0.556 bits per heavy atom. The van der Waals surface area contributed by atoms with E-state index in [1.807, 2.05) is 6.92 Å². The van der Waals surface area contributed by atoms with Crippen molar-refractivity contribution >= 4 is 0 Å². The predicted octanol–water partition coefficient (Wildman–Crippen LogP) is 39.8. The molecule has 3 atom stereocenters. The zero-order valence-corrected chi connectivity index (χ0v) is 76.7. The zero-order valence-electron chi connectivity index (χ0n) is 77.7. The summed E-state index contributed by atoms with van der Waals surface area (Å²) in [5.41, 5.74) is -4.10. The molecule has 0 saturated heterocycles. The van der Waals surface area contributed by atoms with Crippen molar-refractivity contribution in [2.75, 3.05) is 0 Å². The molecule has 0 aromatic rings. The van der Waals surface area contributed by atoms with Crippen molar-refractivity contribution in [2.24, 2.45) is 80.8 Å². The maximum atomic E-state index is 11.7. The Morgan fingerprint density at radius 1 is 0.256 bits per heavy atom. The molecule has 0 nitrogen and oxygen atoms in total. The van der Waals surface area contributed by atoms with Gasteiger partial charge in [-0.25, -0.2) is 0 Å². The lowest BCUT2D eigenvalue weighted by molar-refractivity contribution is -0.327. The van der Waals surface area contributed by atoms with Crippen LogP contribution in [0.5, 0.6) is 0 Å². The molecule has 0 aliphatic heterocycles. The molecule has 0 radical (unpaired) electrons. The van der Waals surface area contributed by atoms with Crippen LogP contribution in [-0.2, 0) is 0 Å². The smallest absolute Gasteiger partial charge is 0.171 e. The van der Waals surface area contributed by atoms with E-state index in [2.05, 4.69) is 138 Å². The number of hydrogen-bond acceptors (Lipinski definition) is 0. The van der Waals surface area contributed by atoms with Gasteiger partial charge in [-0.3, -0.25) is 0 Å². The van der Waals surface area contributed by atoms with Crippen LogP contribution in [0.25, 0.3) is 0 Å². The molecule has 0 bridgehead atoms. The fourth-order valence-electron chi connectivity index (χ4n) is 3.55. The molecule has 0 amide bonds. The summed E-state index contributed by atoms with van der Waals surface area (Å²) in [6.45, 7) is 61.7. The summed E-state index contributed by atoms with van der Waals surface area (Å²) in [5, 5.41) is 0. The van der Waals surface area contributed by atoms with E-state index < -0.39 is 146 Å². The van der Waals surface area contributed by atoms with Crippen LogP contribution in [-0.4, -0.2) is 74.1 Å². The summed E-state index contributed by atoms with van der Waals surface area (Å²) in [6.07, 6.45) is -44.8. The number of rotatable bonds is 16. The molecule has 0 heterocycles. The van der Waals surface area contributed by atoms with Crippen molar-refractivity contribution in [3.8, 4) is 0 Å². The normalized spacial score (nSPS) is 13.6. The van der Waals surface area contributed by atoms with Crippen molar-refractivity contribution in [1.82, 2.24) is 0 Å². The minimum atomic E-state index is -5.24. The molecule has 0 saturated carbocycles. The van der Waals surface area contributed by atoms with Gasteiger partial charge in [0.05, 0.1) is 23.2 Å². The first-order valence-electron chi connectivity index (χ1n) is 39.8. The lowest BCUT2D eigenvalue weighted by Gasteiger charge is -2.29. The van der Waals surface area contributed by atoms with Gasteiger partial charge < -0.3 is 0 Å². The quantitative estimate of drug-likeness (QED) is 0.107. The van der Waals surface area contributed by atoms with Gasteiger partial charge in [-0.1, -0.05) is 312 Å². The van der Waals surface area contributed by atoms with Crippen LogP contribution in [0.15, 0.2) is 0 Å². The molecule has 0 aliphatic carbocycles. The second kappa shape index (κ2) is 70.7. The molecule has 36 heteroatoms. The topological polar surface area (TPSA) is 0 Å². The number of unbranched alkanes of at least 4 members (excludes halogenated alkanes) is 4. The molecule has 732 valence electrons. The first-order valence-corrected chi connectivity index (χ1v) is 39.3. The highest BCUT2D eigenvalue weighted by Crippen LogP contribution is 2.49. The maximum absolute atomic E-state index is 11.7. The average molecular weight is 1820 g/mol. The minimum Gasteiger partial charge on any atom is -0.171 e. The van der Waals surface area contributed by atoms with Gasteiger partial charge in [0.1, 0.15) is 0 Å². The molecule has 0 aliphatic rings. The van der Waals surface area contributed by atoms with Gasteiger partial charge in [-0.15, -0.1) is 0 Å². The monoisotopic (exact) mass is 1810 g/mol. The van der Waals surface area contributed by atoms with Crippen LogP contribution < -0.4 is 0 Å².